The number of amides is 1. The van der Waals surface area contributed by atoms with Gasteiger partial charge in [0.15, 0.2) is 0 Å². The molecular formula is C14H17N5O. The maximum Gasteiger partial charge on any atom is 0.270 e. The molecule has 2 rings (SSSR count). The van der Waals surface area contributed by atoms with Crippen LogP contribution in [-0.4, -0.2) is 27.4 Å². The van der Waals surface area contributed by atoms with Crippen molar-refractivity contribution in [2.45, 2.75) is 19.9 Å². The van der Waals surface area contributed by atoms with Crippen molar-refractivity contribution in [3.63, 3.8) is 0 Å². The highest BCUT2D eigenvalue weighted by Gasteiger charge is 2.07. The molecular weight excluding hydrogens is 254 g/mol. The number of aromatic nitrogens is 3. The van der Waals surface area contributed by atoms with Crippen molar-refractivity contribution in [3.05, 3.63) is 48.0 Å². The van der Waals surface area contributed by atoms with E-state index in [4.69, 9.17) is 0 Å². The first-order valence-corrected chi connectivity index (χ1v) is 6.54. The molecule has 0 spiro atoms. The van der Waals surface area contributed by atoms with Crippen molar-refractivity contribution in [1.29, 1.82) is 0 Å². The van der Waals surface area contributed by atoms with Gasteiger partial charge in [0.1, 0.15) is 5.69 Å². The van der Waals surface area contributed by atoms with Gasteiger partial charge in [-0.2, -0.15) is 0 Å². The lowest BCUT2D eigenvalue weighted by atomic mass is 10.3. The van der Waals surface area contributed by atoms with Crippen LogP contribution in [0.25, 0.3) is 0 Å². The number of pyridine rings is 1. The Labute approximate surface area is 117 Å². The Morgan fingerprint density at radius 3 is 2.85 bits per heavy atom. The highest BCUT2D eigenvalue weighted by Crippen LogP contribution is 2.03. The molecule has 0 aliphatic rings. The average Bonchev–Trinajstić information content (AvgIpc) is 2.52. The van der Waals surface area contributed by atoms with Crippen LogP contribution in [0.2, 0.25) is 0 Å². The Bertz CT molecular complexity index is 559. The zero-order valence-corrected chi connectivity index (χ0v) is 11.3. The molecule has 2 aromatic heterocycles. The number of hydrogen-bond donors (Lipinski definition) is 2. The number of anilines is 1. The lowest BCUT2D eigenvalue weighted by molar-refractivity contribution is 0.0948. The fourth-order valence-corrected chi connectivity index (χ4v) is 1.57. The minimum atomic E-state index is -0.185. The van der Waals surface area contributed by atoms with Gasteiger partial charge in [-0.3, -0.25) is 9.78 Å². The van der Waals surface area contributed by atoms with E-state index in [9.17, 15) is 4.79 Å². The molecule has 6 heteroatoms. The fraction of sp³-hybridized carbons (Fsp3) is 0.286. The summed E-state index contributed by atoms with van der Waals surface area (Å²) in [5.74, 6) is 0.231. The predicted octanol–water partition coefficient (Wildman–Crippen LogP) is 1.62. The highest BCUT2D eigenvalue weighted by molar-refractivity contribution is 5.92. The zero-order chi connectivity index (χ0) is 14.2. The Balaban J connectivity index is 1.97. The summed E-state index contributed by atoms with van der Waals surface area (Å²) >= 11 is 0. The average molecular weight is 271 g/mol. The third kappa shape index (κ3) is 4.01. The summed E-state index contributed by atoms with van der Waals surface area (Å²) in [6.45, 7) is 3.15. The molecule has 0 fully saturated rings. The van der Waals surface area contributed by atoms with Crippen LogP contribution in [0.4, 0.5) is 5.95 Å². The van der Waals surface area contributed by atoms with Crippen LogP contribution < -0.4 is 10.6 Å². The Kier molecular flexibility index (Phi) is 5.00. The second-order valence-corrected chi connectivity index (χ2v) is 4.20. The number of hydrogen-bond acceptors (Lipinski definition) is 5. The van der Waals surface area contributed by atoms with E-state index in [1.54, 1.807) is 18.5 Å². The first-order chi connectivity index (χ1) is 9.79. The smallest absolute Gasteiger partial charge is 0.270 e. The lowest BCUT2D eigenvalue weighted by Crippen LogP contribution is -2.25. The first-order valence-electron chi connectivity index (χ1n) is 6.54. The van der Waals surface area contributed by atoms with E-state index in [2.05, 4.69) is 25.6 Å². The molecule has 0 unspecified atom stereocenters. The normalized spacial score (nSPS) is 10.1. The molecule has 0 saturated heterocycles. The largest absolute Gasteiger partial charge is 0.351 e. The van der Waals surface area contributed by atoms with Crippen molar-refractivity contribution in [3.8, 4) is 0 Å². The fourth-order valence-electron chi connectivity index (χ4n) is 1.57. The summed E-state index contributed by atoms with van der Waals surface area (Å²) in [7, 11) is 0. The van der Waals surface area contributed by atoms with Gasteiger partial charge in [0.25, 0.3) is 5.91 Å². The molecule has 20 heavy (non-hydrogen) atoms. The number of carbonyl (C=O) groups is 1. The van der Waals surface area contributed by atoms with E-state index < -0.39 is 0 Å². The molecule has 0 saturated carbocycles. The van der Waals surface area contributed by atoms with E-state index in [1.165, 1.54) is 0 Å². The van der Waals surface area contributed by atoms with Crippen molar-refractivity contribution in [1.82, 2.24) is 20.3 Å². The molecule has 1 amide bonds. The summed E-state index contributed by atoms with van der Waals surface area (Å²) in [5, 5.41) is 5.83. The second kappa shape index (κ2) is 7.18. The maximum atomic E-state index is 11.8. The van der Waals surface area contributed by atoms with Gasteiger partial charge in [0.2, 0.25) is 5.95 Å². The Morgan fingerprint density at radius 1 is 1.20 bits per heavy atom. The number of nitrogens with zero attached hydrogens (tertiary/aromatic N) is 3. The summed E-state index contributed by atoms with van der Waals surface area (Å²) in [6, 6.07) is 7.28. The van der Waals surface area contributed by atoms with Gasteiger partial charge in [-0.15, -0.1) is 0 Å². The third-order valence-corrected chi connectivity index (χ3v) is 2.58. The molecule has 2 heterocycles. The zero-order valence-electron chi connectivity index (χ0n) is 11.3. The molecule has 0 aliphatic heterocycles. The quantitative estimate of drug-likeness (QED) is 0.834. The lowest BCUT2D eigenvalue weighted by Gasteiger charge is -2.06. The van der Waals surface area contributed by atoms with E-state index >= 15 is 0 Å². The molecule has 0 radical (unpaired) electrons. The van der Waals surface area contributed by atoms with E-state index in [0.29, 0.717) is 24.7 Å². The summed E-state index contributed by atoms with van der Waals surface area (Å²) in [4.78, 5) is 24.2. The van der Waals surface area contributed by atoms with Crippen LogP contribution in [0.1, 0.15) is 29.5 Å². The number of rotatable bonds is 6. The molecule has 2 N–H and O–H groups in total. The van der Waals surface area contributed by atoms with Crippen LogP contribution in [0, 0.1) is 0 Å². The minimum absolute atomic E-state index is 0.185. The molecule has 104 valence electrons. The van der Waals surface area contributed by atoms with Gasteiger partial charge in [0.05, 0.1) is 12.2 Å². The molecule has 6 nitrogen and oxygen atoms in total. The summed E-state index contributed by atoms with van der Waals surface area (Å²) in [5.41, 5.74) is 1.24. The van der Waals surface area contributed by atoms with Crippen molar-refractivity contribution < 1.29 is 4.79 Å². The van der Waals surface area contributed by atoms with Crippen molar-refractivity contribution in [2.24, 2.45) is 0 Å². The van der Waals surface area contributed by atoms with Gasteiger partial charge >= 0.3 is 0 Å². The van der Waals surface area contributed by atoms with Gasteiger partial charge in [0, 0.05) is 18.9 Å². The molecule has 0 aliphatic carbocycles. The highest BCUT2D eigenvalue weighted by atomic mass is 16.1. The molecule has 0 atom stereocenters. The Hall–Kier alpha value is -2.50. The summed E-state index contributed by atoms with van der Waals surface area (Å²) in [6.07, 6.45) is 4.18. The summed E-state index contributed by atoms with van der Waals surface area (Å²) < 4.78 is 0. The van der Waals surface area contributed by atoms with E-state index in [-0.39, 0.29) is 5.91 Å². The number of carbonyl (C=O) groups excluding carboxylic acids is 1. The number of nitrogens with one attached hydrogen (secondary N) is 2. The standard InChI is InChI=1S/C14H17N5O/c1-2-7-16-13(20)12-6-9-17-14(19-12)18-10-11-5-3-4-8-15-11/h3-6,8-9H,2,7,10H2,1H3,(H,16,20)(H,17,18,19). The topological polar surface area (TPSA) is 79.8 Å². The second-order valence-electron chi connectivity index (χ2n) is 4.20. The van der Waals surface area contributed by atoms with Crippen molar-refractivity contribution in [2.75, 3.05) is 11.9 Å². The van der Waals surface area contributed by atoms with Gasteiger partial charge < -0.3 is 10.6 Å². The molecule has 0 bridgehead atoms. The maximum absolute atomic E-state index is 11.8. The van der Waals surface area contributed by atoms with Crippen LogP contribution in [0.15, 0.2) is 36.7 Å². The van der Waals surface area contributed by atoms with Gasteiger partial charge in [-0.1, -0.05) is 13.0 Å². The monoisotopic (exact) mass is 271 g/mol. The van der Waals surface area contributed by atoms with E-state index in [0.717, 1.165) is 12.1 Å². The van der Waals surface area contributed by atoms with Gasteiger partial charge in [-0.25, -0.2) is 9.97 Å². The SMILES string of the molecule is CCCNC(=O)c1ccnc(NCc2ccccn2)n1. The minimum Gasteiger partial charge on any atom is -0.351 e. The molecule has 0 aromatic carbocycles. The van der Waals surface area contributed by atoms with E-state index in [1.807, 2.05) is 25.1 Å². The van der Waals surface area contributed by atoms with Crippen molar-refractivity contribution >= 4 is 11.9 Å². The molecule has 2 aromatic rings. The van der Waals surface area contributed by atoms with Crippen LogP contribution in [-0.2, 0) is 6.54 Å². The van der Waals surface area contributed by atoms with Crippen LogP contribution in [0.3, 0.4) is 0 Å². The van der Waals surface area contributed by atoms with Gasteiger partial charge in [-0.05, 0) is 24.6 Å². The Morgan fingerprint density at radius 2 is 2.10 bits per heavy atom. The third-order valence-electron chi connectivity index (χ3n) is 2.58. The first kappa shape index (κ1) is 13.9. The predicted molar refractivity (Wildman–Crippen MR) is 76.2 cm³/mol. The van der Waals surface area contributed by atoms with Crippen LogP contribution in [0.5, 0.6) is 0 Å². The van der Waals surface area contributed by atoms with Crippen LogP contribution >= 0.6 is 0 Å².